The predicted octanol–water partition coefficient (Wildman–Crippen LogP) is 3.70. The van der Waals surface area contributed by atoms with Crippen LogP contribution in [0.3, 0.4) is 0 Å². The molecule has 0 spiro atoms. The van der Waals surface area contributed by atoms with E-state index in [-0.39, 0.29) is 0 Å². The molecular formula is C20H15N3O4. The number of carbonyl (C=O) groups excluding carboxylic acids is 1. The van der Waals surface area contributed by atoms with Crippen LogP contribution in [0.25, 0.3) is 21.8 Å². The average Bonchev–Trinajstić information content (AvgIpc) is 2.72. The van der Waals surface area contributed by atoms with Gasteiger partial charge in [-0.25, -0.2) is 10.5 Å². The summed E-state index contributed by atoms with van der Waals surface area (Å²) in [5, 5.41) is 11.2. The van der Waals surface area contributed by atoms with E-state index in [1.165, 1.54) is 0 Å². The van der Waals surface area contributed by atoms with Crippen LogP contribution in [0.2, 0.25) is 0 Å². The van der Waals surface area contributed by atoms with Gasteiger partial charge in [-0.3, -0.25) is 10.0 Å². The molecule has 0 bridgehead atoms. The number of aromatic nitrogens is 2. The molecule has 0 atom stereocenters. The van der Waals surface area contributed by atoms with E-state index < -0.39 is 5.91 Å². The lowest BCUT2D eigenvalue weighted by molar-refractivity contribution is 0.0708. The van der Waals surface area contributed by atoms with Crippen molar-refractivity contribution in [1.29, 1.82) is 0 Å². The third-order valence-electron chi connectivity index (χ3n) is 4.17. The number of hydroxylamine groups is 1. The third kappa shape index (κ3) is 3.11. The number of hydrogen-bond donors (Lipinski definition) is 2. The van der Waals surface area contributed by atoms with Crippen LogP contribution in [0.15, 0.2) is 60.8 Å². The molecule has 2 aromatic heterocycles. The van der Waals surface area contributed by atoms with E-state index in [0.717, 1.165) is 10.8 Å². The Morgan fingerprint density at radius 3 is 2.74 bits per heavy atom. The minimum absolute atomic E-state index is 0.382. The summed E-state index contributed by atoms with van der Waals surface area (Å²) in [6.07, 6.45) is 1.62. The number of pyridine rings is 2. The lowest BCUT2D eigenvalue weighted by Gasteiger charge is -2.11. The van der Waals surface area contributed by atoms with Gasteiger partial charge in [0.15, 0.2) is 5.65 Å². The fraction of sp³-hybridized carbons (Fsp3) is 0.0500. The zero-order valence-corrected chi connectivity index (χ0v) is 14.3. The number of hydrogen-bond acceptors (Lipinski definition) is 6. The number of benzene rings is 2. The zero-order valence-electron chi connectivity index (χ0n) is 14.3. The van der Waals surface area contributed by atoms with Crippen LogP contribution in [0.1, 0.15) is 10.4 Å². The van der Waals surface area contributed by atoms with E-state index in [1.807, 2.05) is 18.2 Å². The van der Waals surface area contributed by atoms with Gasteiger partial charge in [0, 0.05) is 17.8 Å². The summed E-state index contributed by atoms with van der Waals surface area (Å²) in [5.74, 6) is 1.13. The summed E-state index contributed by atoms with van der Waals surface area (Å²) >= 11 is 0. The van der Waals surface area contributed by atoms with Gasteiger partial charge in [-0.2, -0.15) is 4.98 Å². The monoisotopic (exact) mass is 361 g/mol. The average molecular weight is 361 g/mol. The topological polar surface area (TPSA) is 93.6 Å². The van der Waals surface area contributed by atoms with E-state index in [9.17, 15) is 4.79 Å². The fourth-order valence-electron chi connectivity index (χ4n) is 2.90. The zero-order chi connectivity index (χ0) is 18.8. The fourth-order valence-corrected chi connectivity index (χ4v) is 2.90. The first-order chi connectivity index (χ1) is 13.2. The Bertz CT molecular complexity index is 1160. The van der Waals surface area contributed by atoms with Crippen molar-refractivity contribution in [2.75, 3.05) is 7.11 Å². The molecule has 7 nitrogen and oxygen atoms in total. The van der Waals surface area contributed by atoms with E-state index in [1.54, 1.807) is 55.2 Å². The highest BCUT2D eigenvalue weighted by atomic mass is 16.5. The smallest absolute Gasteiger partial charge is 0.275 e. The second kappa shape index (κ2) is 6.89. The molecule has 134 valence electrons. The first kappa shape index (κ1) is 16.7. The summed E-state index contributed by atoms with van der Waals surface area (Å²) in [4.78, 5) is 20.3. The number of nitrogens with one attached hydrogen (secondary N) is 1. The van der Waals surface area contributed by atoms with Gasteiger partial charge in [-0.1, -0.05) is 12.1 Å². The predicted molar refractivity (Wildman–Crippen MR) is 99.4 cm³/mol. The molecule has 0 saturated heterocycles. The largest absolute Gasteiger partial charge is 0.481 e. The summed E-state index contributed by atoms with van der Waals surface area (Å²) in [5.41, 5.74) is 2.57. The van der Waals surface area contributed by atoms with E-state index >= 15 is 0 Å². The Hall–Kier alpha value is -3.71. The van der Waals surface area contributed by atoms with Crippen molar-refractivity contribution in [2.45, 2.75) is 0 Å². The summed E-state index contributed by atoms with van der Waals surface area (Å²) in [6.45, 7) is 0. The van der Waals surface area contributed by atoms with Crippen LogP contribution in [0.4, 0.5) is 0 Å². The van der Waals surface area contributed by atoms with Gasteiger partial charge < -0.3 is 9.47 Å². The summed E-state index contributed by atoms with van der Waals surface area (Å²) in [7, 11) is 1.55. The summed E-state index contributed by atoms with van der Waals surface area (Å²) < 4.78 is 11.2. The van der Waals surface area contributed by atoms with Crippen molar-refractivity contribution in [2.24, 2.45) is 0 Å². The van der Waals surface area contributed by atoms with Crippen LogP contribution in [-0.2, 0) is 0 Å². The molecule has 1 amide bonds. The number of fused-ring (bicyclic) bond motifs is 2. The molecule has 7 heteroatoms. The molecule has 4 rings (SSSR count). The Kier molecular flexibility index (Phi) is 4.27. The number of nitrogens with zero attached hydrogens (tertiary/aromatic N) is 2. The first-order valence-electron chi connectivity index (χ1n) is 8.14. The number of carbonyl (C=O) groups is 1. The van der Waals surface area contributed by atoms with E-state index in [4.69, 9.17) is 14.7 Å². The number of rotatable bonds is 4. The van der Waals surface area contributed by atoms with Crippen molar-refractivity contribution >= 4 is 27.7 Å². The normalized spacial score (nSPS) is 10.7. The number of ether oxygens (including phenoxy) is 2. The minimum atomic E-state index is -0.561. The maximum Gasteiger partial charge on any atom is 0.275 e. The Labute approximate surface area is 154 Å². The van der Waals surface area contributed by atoms with Crippen LogP contribution in [0, 0.1) is 0 Å². The van der Waals surface area contributed by atoms with Crippen molar-refractivity contribution in [3.63, 3.8) is 0 Å². The molecule has 0 aliphatic rings. The first-order valence-corrected chi connectivity index (χ1v) is 8.14. The van der Waals surface area contributed by atoms with Crippen LogP contribution in [0.5, 0.6) is 17.4 Å². The second-order valence-electron chi connectivity index (χ2n) is 5.77. The van der Waals surface area contributed by atoms with Gasteiger partial charge in [0.05, 0.1) is 12.5 Å². The Morgan fingerprint density at radius 2 is 1.93 bits per heavy atom. The molecule has 2 N–H and O–H groups in total. The lowest BCUT2D eigenvalue weighted by Crippen LogP contribution is -2.18. The molecule has 2 heterocycles. The molecule has 2 aromatic carbocycles. The highest BCUT2D eigenvalue weighted by Crippen LogP contribution is 2.31. The second-order valence-corrected chi connectivity index (χ2v) is 5.77. The van der Waals surface area contributed by atoms with Crippen molar-refractivity contribution < 1.29 is 19.5 Å². The van der Waals surface area contributed by atoms with E-state index in [2.05, 4.69) is 9.97 Å². The lowest BCUT2D eigenvalue weighted by atomic mass is 10.0. The van der Waals surface area contributed by atoms with Gasteiger partial charge in [0.25, 0.3) is 5.91 Å². The number of amides is 1. The maximum absolute atomic E-state index is 11.8. The molecule has 27 heavy (non-hydrogen) atoms. The molecule has 0 aliphatic heterocycles. The number of methoxy groups -OCH3 is 1. The van der Waals surface area contributed by atoms with Gasteiger partial charge in [-0.15, -0.1) is 0 Å². The molecule has 0 aliphatic carbocycles. The minimum Gasteiger partial charge on any atom is -0.481 e. The molecular weight excluding hydrogens is 346 g/mol. The van der Waals surface area contributed by atoms with Crippen molar-refractivity contribution in [1.82, 2.24) is 15.4 Å². The molecule has 0 unspecified atom stereocenters. The van der Waals surface area contributed by atoms with Crippen LogP contribution in [-0.4, -0.2) is 28.2 Å². The van der Waals surface area contributed by atoms with Gasteiger partial charge in [-0.05, 0) is 47.2 Å². The van der Waals surface area contributed by atoms with Gasteiger partial charge in [0.2, 0.25) is 5.88 Å². The van der Waals surface area contributed by atoms with Crippen LogP contribution < -0.4 is 15.0 Å². The SMILES string of the molecule is COc1ccc2c(Oc3ccc4c(C(=O)NO)cccc4c3)ccnc2n1. The highest BCUT2D eigenvalue weighted by Gasteiger charge is 2.11. The molecule has 4 aromatic rings. The maximum atomic E-state index is 11.8. The molecule has 0 radical (unpaired) electrons. The molecule has 0 fully saturated rings. The third-order valence-corrected chi connectivity index (χ3v) is 4.17. The quantitative estimate of drug-likeness (QED) is 0.425. The Morgan fingerprint density at radius 1 is 1.07 bits per heavy atom. The summed E-state index contributed by atoms with van der Waals surface area (Å²) in [6, 6.07) is 16.0. The molecule has 0 saturated carbocycles. The van der Waals surface area contributed by atoms with Crippen molar-refractivity contribution in [3.8, 4) is 17.4 Å². The van der Waals surface area contributed by atoms with Gasteiger partial charge >= 0.3 is 0 Å². The van der Waals surface area contributed by atoms with E-state index in [0.29, 0.717) is 34.0 Å². The van der Waals surface area contributed by atoms with Crippen molar-refractivity contribution in [3.05, 3.63) is 66.4 Å². The van der Waals surface area contributed by atoms with Crippen LogP contribution >= 0.6 is 0 Å². The highest BCUT2D eigenvalue weighted by molar-refractivity contribution is 6.06. The van der Waals surface area contributed by atoms with Gasteiger partial charge in [0.1, 0.15) is 11.5 Å². The Balaban J connectivity index is 1.74. The standard InChI is InChI=1S/C20H15N3O4/c1-26-18-8-7-16-17(9-10-21-19(16)22-18)27-13-5-6-14-12(11-13)3-2-4-15(14)20(24)23-25/h2-11,25H,1H3,(H,23,24).